The van der Waals surface area contributed by atoms with E-state index in [4.69, 9.17) is 8.83 Å². The molecule has 110 valence electrons. The van der Waals surface area contributed by atoms with Crippen molar-refractivity contribution >= 4 is 11.1 Å². The van der Waals surface area contributed by atoms with Gasteiger partial charge in [0.05, 0.1) is 6.26 Å². The third-order valence-corrected chi connectivity index (χ3v) is 3.57. The SMILES string of the molecule is CCNC(CCc1ccco1)Cc1nc2ccccc2o1. The topological polar surface area (TPSA) is 51.2 Å². The molecule has 1 atom stereocenters. The first-order valence-corrected chi connectivity index (χ1v) is 7.45. The van der Waals surface area contributed by atoms with E-state index in [1.165, 1.54) is 0 Å². The predicted octanol–water partition coefficient (Wildman–Crippen LogP) is 3.57. The molecule has 0 spiro atoms. The number of nitrogens with zero attached hydrogens (tertiary/aromatic N) is 1. The smallest absolute Gasteiger partial charge is 0.197 e. The molecule has 3 aromatic rings. The third-order valence-electron chi connectivity index (χ3n) is 3.57. The highest BCUT2D eigenvalue weighted by Gasteiger charge is 2.14. The number of furan rings is 1. The molecule has 0 bridgehead atoms. The van der Waals surface area contributed by atoms with E-state index in [1.807, 2.05) is 36.4 Å². The largest absolute Gasteiger partial charge is 0.469 e. The van der Waals surface area contributed by atoms with Gasteiger partial charge in [-0.2, -0.15) is 0 Å². The van der Waals surface area contributed by atoms with Crippen molar-refractivity contribution in [1.29, 1.82) is 0 Å². The van der Waals surface area contributed by atoms with Gasteiger partial charge >= 0.3 is 0 Å². The Balaban J connectivity index is 1.66. The number of para-hydroxylation sites is 2. The summed E-state index contributed by atoms with van der Waals surface area (Å²) in [5.74, 6) is 1.82. The number of benzene rings is 1. The van der Waals surface area contributed by atoms with E-state index in [0.717, 1.165) is 48.6 Å². The van der Waals surface area contributed by atoms with Crippen LogP contribution in [0.25, 0.3) is 11.1 Å². The molecule has 1 N–H and O–H groups in total. The monoisotopic (exact) mass is 284 g/mol. The van der Waals surface area contributed by atoms with Crippen molar-refractivity contribution < 1.29 is 8.83 Å². The summed E-state index contributed by atoms with van der Waals surface area (Å²) in [6, 6.07) is 12.2. The summed E-state index contributed by atoms with van der Waals surface area (Å²) in [5.41, 5.74) is 1.78. The molecule has 1 aromatic carbocycles. The highest BCUT2D eigenvalue weighted by atomic mass is 16.3. The molecule has 1 unspecified atom stereocenters. The van der Waals surface area contributed by atoms with Gasteiger partial charge in [-0.05, 0) is 37.2 Å². The zero-order valence-corrected chi connectivity index (χ0v) is 12.2. The third kappa shape index (κ3) is 3.52. The molecule has 4 heteroatoms. The number of oxazole rings is 1. The van der Waals surface area contributed by atoms with Crippen molar-refractivity contribution in [2.45, 2.75) is 32.2 Å². The molecule has 2 aromatic heterocycles. The minimum atomic E-state index is 0.341. The van der Waals surface area contributed by atoms with E-state index >= 15 is 0 Å². The summed E-state index contributed by atoms with van der Waals surface area (Å²) < 4.78 is 11.2. The number of fused-ring (bicyclic) bond motifs is 1. The quantitative estimate of drug-likeness (QED) is 0.720. The van der Waals surface area contributed by atoms with E-state index in [0.29, 0.717) is 6.04 Å². The van der Waals surface area contributed by atoms with Crippen LogP contribution < -0.4 is 5.32 Å². The van der Waals surface area contributed by atoms with Crippen LogP contribution in [0, 0.1) is 0 Å². The van der Waals surface area contributed by atoms with Crippen LogP contribution >= 0.6 is 0 Å². The Morgan fingerprint density at radius 1 is 1.19 bits per heavy atom. The minimum absolute atomic E-state index is 0.341. The number of rotatable bonds is 7. The zero-order chi connectivity index (χ0) is 14.5. The molecule has 0 radical (unpaired) electrons. The van der Waals surface area contributed by atoms with Crippen molar-refractivity contribution in [1.82, 2.24) is 10.3 Å². The van der Waals surface area contributed by atoms with Crippen LogP contribution in [0.5, 0.6) is 0 Å². The lowest BCUT2D eigenvalue weighted by Gasteiger charge is -2.15. The molecule has 21 heavy (non-hydrogen) atoms. The first-order valence-electron chi connectivity index (χ1n) is 7.45. The van der Waals surface area contributed by atoms with Crippen LogP contribution in [-0.4, -0.2) is 17.6 Å². The highest BCUT2D eigenvalue weighted by Crippen LogP contribution is 2.17. The lowest BCUT2D eigenvalue weighted by Crippen LogP contribution is -2.31. The van der Waals surface area contributed by atoms with Gasteiger partial charge in [-0.3, -0.25) is 0 Å². The first kappa shape index (κ1) is 13.9. The maximum atomic E-state index is 5.81. The van der Waals surface area contributed by atoms with E-state index in [-0.39, 0.29) is 0 Å². The predicted molar refractivity (Wildman–Crippen MR) is 82.2 cm³/mol. The Morgan fingerprint density at radius 2 is 2.10 bits per heavy atom. The summed E-state index contributed by atoms with van der Waals surface area (Å²) >= 11 is 0. The van der Waals surface area contributed by atoms with Crippen molar-refractivity contribution in [2.24, 2.45) is 0 Å². The molecular weight excluding hydrogens is 264 g/mol. The number of aryl methyl sites for hydroxylation is 1. The average Bonchev–Trinajstić information content (AvgIpc) is 3.13. The van der Waals surface area contributed by atoms with Crippen LogP contribution in [0.4, 0.5) is 0 Å². The standard InChI is InChI=1S/C17H20N2O2/c1-2-18-13(9-10-14-6-5-11-20-14)12-17-19-15-7-3-4-8-16(15)21-17/h3-8,11,13,18H,2,9-10,12H2,1H3. The second-order valence-corrected chi connectivity index (χ2v) is 5.15. The van der Waals surface area contributed by atoms with Crippen molar-refractivity contribution in [3.63, 3.8) is 0 Å². The Labute approximate surface area is 124 Å². The van der Waals surface area contributed by atoms with Gasteiger partial charge in [-0.15, -0.1) is 0 Å². The molecule has 0 saturated carbocycles. The Kier molecular flexibility index (Phi) is 4.36. The van der Waals surface area contributed by atoms with Crippen molar-refractivity contribution in [3.8, 4) is 0 Å². The van der Waals surface area contributed by atoms with Gasteiger partial charge in [0.15, 0.2) is 11.5 Å². The molecule has 0 aliphatic rings. The minimum Gasteiger partial charge on any atom is -0.469 e. The van der Waals surface area contributed by atoms with E-state index in [1.54, 1.807) is 6.26 Å². The molecule has 4 nitrogen and oxygen atoms in total. The Hall–Kier alpha value is -2.07. The summed E-state index contributed by atoms with van der Waals surface area (Å²) in [5, 5.41) is 3.50. The number of hydrogen-bond donors (Lipinski definition) is 1. The van der Waals surface area contributed by atoms with Gasteiger partial charge in [-0.25, -0.2) is 4.98 Å². The zero-order valence-electron chi connectivity index (χ0n) is 12.2. The fourth-order valence-corrected chi connectivity index (χ4v) is 2.55. The summed E-state index contributed by atoms with van der Waals surface area (Å²) in [4.78, 5) is 4.55. The number of aromatic nitrogens is 1. The number of likely N-dealkylation sites (N-methyl/N-ethyl adjacent to an activating group) is 1. The molecule has 0 aliphatic heterocycles. The van der Waals surface area contributed by atoms with Crippen LogP contribution in [0.3, 0.4) is 0 Å². The Morgan fingerprint density at radius 3 is 2.86 bits per heavy atom. The van der Waals surface area contributed by atoms with Crippen LogP contribution in [0.2, 0.25) is 0 Å². The molecule has 0 aliphatic carbocycles. The van der Waals surface area contributed by atoms with Gasteiger partial charge in [0, 0.05) is 18.9 Å². The van der Waals surface area contributed by atoms with Gasteiger partial charge in [0.1, 0.15) is 11.3 Å². The molecule has 0 amide bonds. The molecule has 2 heterocycles. The molecular formula is C17H20N2O2. The average molecular weight is 284 g/mol. The number of nitrogens with one attached hydrogen (secondary N) is 1. The number of hydrogen-bond acceptors (Lipinski definition) is 4. The van der Waals surface area contributed by atoms with Crippen molar-refractivity contribution in [2.75, 3.05) is 6.54 Å². The van der Waals surface area contributed by atoms with Crippen LogP contribution in [0.1, 0.15) is 25.0 Å². The van der Waals surface area contributed by atoms with Gasteiger partial charge in [0.2, 0.25) is 0 Å². The van der Waals surface area contributed by atoms with E-state index in [2.05, 4.69) is 17.2 Å². The fraction of sp³-hybridized carbons (Fsp3) is 0.353. The molecule has 0 saturated heterocycles. The first-order chi connectivity index (χ1) is 10.3. The lowest BCUT2D eigenvalue weighted by atomic mass is 10.1. The van der Waals surface area contributed by atoms with Gasteiger partial charge < -0.3 is 14.2 Å². The second-order valence-electron chi connectivity index (χ2n) is 5.15. The van der Waals surface area contributed by atoms with Crippen molar-refractivity contribution in [3.05, 3.63) is 54.3 Å². The van der Waals surface area contributed by atoms with E-state index in [9.17, 15) is 0 Å². The normalized spacial score (nSPS) is 12.8. The van der Waals surface area contributed by atoms with E-state index < -0.39 is 0 Å². The van der Waals surface area contributed by atoms with Gasteiger partial charge in [-0.1, -0.05) is 19.1 Å². The van der Waals surface area contributed by atoms with Gasteiger partial charge in [0.25, 0.3) is 0 Å². The summed E-state index contributed by atoms with van der Waals surface area (Å²) in [6.07, 6.45) is 4.44. The second kappa shape index (κ2) is 6.59. The fourth-order valence-electron chi connectivity index (χ4n) is 2.55. The van der Waals surface area contributed by atoms with Crippen LogP contribution in [0.15, 0.2) is 51.5 Å². The lowest BCUT2D eigenvalue weighted by molar-refractivity contribution is 0.415. The molecule has 0 fully saturated rings. The van der Waals surface area contributed by atoms with Crippen LogP contribution in [-0.2, 0) is 12.8 Å². The maximum Gasteiger partial charge on any atom is 0.197 e. The Bertz CT molecular complexity index is 640. The summed E-state index contributed by atoms with van der Waals surface area (Å²) in [6.45, 7) is 3.05. The summed E-state index contributed by atoms with van der Waals surface area (Å²) in [7, 11) is 0. The molecule has 3 rings (SSSR count). The highest BCUT2D eigenvalue weighted by molar-refractivity contribution is 5.72. The maximum absolute atomic E-state index is 5.81.